The minimum Gasteiger partial charge on any atom is -0.467 e. The van der Waals surface area contributed by atoms with Crippen LogP contribution in [0.25, 0.3) is 0 Å². The molecular weight excluding hydrogens is 318 g/mol. The first-order chi connectivity index (χ1) is 12.2. The van der Waals surface area contributed by atoms with E-state index in [1.165, 1.54) is 19.3 Å². The highest BCUT2D eigenvalue weighted by atomic mass is 16.3. The quantitative estimate of drug-likeness (QED) is 0.826. The molecule has 25 heavy (non-hydrogen) atoms. The molecule has 1 aliphatic heterocycles. The third kappa shape index (κ3) is 5.59. The number of hydrogen-bond acceptors (Lipinski definition) is 4. The summed E-state index contributed by atoms with van der Waals surface area (Å²) in [5, 5.41) is 6.10. The monoisotopic (exact) mass is 347 g/mol. The van der Waals surface area contributed by atoms with Crippen molar-refractivity contribution in [2.45, 2.75) is 57.5 Å². The Hall–Kier alpha value is -1.82. The zero-order valence-corrected chi connectivity index (χ0v) is 14.8. The Morgan fingerprint density at radius 3 is 2.56 bits per heavy atom. The van der Waals surface area contributed by atoms with E-state index in [2.05, 4.69) is 15.5 Å². The summed E-state index contributed by atoms with van der Waals surface area (Å²) >= 11 is 0. The first-order valence-electron chi connectivity index (χ1n) is 9.52. The summed E-state index contributed by atoms with van der Waals surface area (Å²) < 4.78 is 5.20. The van der Waals surface area contributed by atoms with Gasteiger partial charge >= 0.3 is 0 Å². The maximum Gasteiger partial charge on any atom is 0.234 e. The first kappa shape index (κ1) is 18.0. The average molecular weight is 347 g/mol. The van der Waals surface area contributed by atoms with Crippen LogP contribution in [0.5, 0.6) is 0 Å². The summed E-state index contributed by atoms with van der Waals surface area (Å²) in [4.78, 5) is 26.5. The summed E-state index contributed by atoms with van der Waals surface area (Å²) in [6, 6.07) is 4.04. The topological polar surface area (TPSA) is 74.6 Å². The van der Waals surface area contributed by atoms with E-state index in [4.69, 9.17) is 4.42 Å². The van der Waals surface area contributed by atoms with Crippen molar-refractivity contribution < 1.29 is 14.0 Å². The molecular formula is C19H29N3O3. The number of amides is 2. The van der Waals surface area contributed by atoms with Gasteiger partial charge in [0, 0.05) is 12.0 Å². The highest BCUT2D eigenvalue weighted by Crippen LogP contribution is 2.21. The molecule has 1 saturated heterocycles. The number of hydrogen-bond donors (Lipinski definition) is 2. The van der Waals surface area contributed by atoms with Crippen molar-refractivity contribution in [1.82, 2.24) is 15.5 Å². The first-order valence-corrected chi connectivity index (χ1v) is 9.52. The van der Waals surface area contributed by atoms with Crippen molar-refractivity contribution in [1.29, 1.82) is 0 Å². The molecule has 1 aromatic rings. The Kier molecular flexibility index (Phi) is 6.50. The van der Waals surface area contributed by atoms with Crippen molar-refractivity contribution in [3.63, 3.8) is 0 Å². The Balaban J connectivity index is 1.33. The molecule has 2 N–H and O–H groups in total. The van der Waals surface area contributed by atoms with E-state index in [9.17, 15) is 9.59 Å². The van der Waals surface area contributed by atoms with Gasteiger partial charge in [-0.3, -0.25) is 14.5 Å². The lowest BCUT2D eigenvalue weighted by molar-refractivity contribution is -0.127. The van der Waals surface area contributed by atoms with Crippen LogP contribution >= 0.6 is 0 Å². The van der Waals surface area contributed by atoms with Gasteiger partial charge in [0.25, 0.3) is 0 Å². The van der Waals surface area contributed by atoms with Crippen LogP contribution < -0.4 is 10.6 Å². The van der Waals surface area contributed by atoms with Gasteiger partial charge in [0.2, 0.25) is 11.8 Å². The molecule has 0 bridgehead atoms. The van der Waals surface area contributed by atoms with Crippen LogP contribution in [0, 0.1) is 5.92 Å². The van der Waals surface area contributed by atoms with Gasteiger partial charge < -0.3 is 15.1 Å². The van der Waals surface area contributed by atoms with E-state index in [0.29, 0.717) is 19.1 Å². The summed E-state index contributed by atoms with van der Waals surface area (Å²) in [6.45, 7) is 2.41. The second-order valence-corrected chi connectivity index (χ2v) is 7.25. The van der Waals surface area contributed by atoms with E-state index < -0.39 is 0 Å². The van der Waals surface area contributed by atoms with Crippen molar-refractivity contribution in [2.75, 3.05) is 19.6 Å². The molecule has 6 heteroatoms. The van der Waals surface area contributed by atoms with Crippen LogP contribution in [-0.2, 0) is 16.1 Å². The predicted octanol–water partition coefficient (Wildman–Crippen LogP) is 2.06. The average Bonchev–Trinajstić information content (AvgIpc) is 3.15. The summed E-state index contributed by atoms with van der Waals surface area (Å²) in [7, 11) is 0. The normalized spacial score (nSPS) is 20.3. The Morgan fingerprint density at radius 1 is 1.12 bits per heavy atom. The highest BCUT2D eigenvalue weighted by molar-refractivity contribution is 5.79. The molecule has 1 aliphatic carbocycles. The van der Waals surface area contributed by atoms with Crippen LogP contribution in [0.4, 0.5) is 0 Å². The number of nitrogens with one attached hydrogen (secondary N) is 2. The van der Waals surface area contributed by atoms with Crippen molar-refractivity contribution in [3.05, 3.63) is 24.2 Å². The van der Waals surface area contributed by atoms with Crippen LogP contribution in [0.1, 0.15) is 50.7 Å². The minimum atomic E-state index is 0.00140. The van der Waals surface area contributed by atoms with Crippen LogP contribution in [-0.4, -0.2) is 42.4 Å². The molecule has 0 unspecified atom stereocenters. The number of nitrogens with zero attached hydrogens (tertiary/aromatic N) is 1. The van der Waals surface area contributed by atoms with Crippen LogP contribution in [0.2, 0.25) is 0 Å². The molecule has 1 saturated carbocycles. The second kappa shape index (κ2) is 9.04. The number of likely N-dealkylation sites (tertiary alicyclic amines) is 1. The largest absolute Gasteiger partial charge is 0.467 e. The van der Waals surface area contributed by atoms with E-state index in [1.807, 2.05) is 12.1 Å². The molecule has 6 nitrogen and oxygen atoms in total. The highest BCUT2D eigenvalue weighted by Gasteiger charge is 2.27. The predicted molar refractivity (Wildman–Crippen MR) is 94.7 cm³/mol. The fraction of sp³-hybridized carbons (Fsp3) is 0.684. The molecule has 2 aliphatic rings. The molecule has 0 atom stereocenters. The number of furan rings is 1. The zero-order chi connectivity index (χ0) is 17.5. The number of rotatable bonds is 6. The van der Waals surface area contributed by atoms with Crippen LogP contribution in [0.15, 0.2) is 22.8 Å². The molecule has 0 aromatic carbocycles. The van der Waals surface area contributed by atoms with Gasteiger partial charge in [-0.1, -0.05) is 19.3 Å². The van der Waals surface area contributed by atoms with E-state index >= 15 is 0 Å². The molecule has 2 heterocycles. The second-order valence-electron chi connectivity index (χ2n) is 7.25. The number of carbonyl (C=O) groups excluding carboxylic acids is 2. The van der Waals surface area contributed by atoms with E-state index in [1.54, 1.807) is 6.26 Å². The number of carbonyl (C=O) groups is 2. The van der Waals surface area contributed by atoms with Crippen molar-refractivity contribution in [2.24, 2.45) is 5.92 Å². The fourth-order valence-corrected chi connectivity index (χ4v) is 3.78. The van der Waals surface area contributed by atoms with Crippen molar-refractivity contribution in [3.8, 4) is 0 Å². The maximum absolute atomic E-state index is 12.4. The molecule has 1 aromatic heterocycles. The van der Waals surface area contributed by atoms with Gasteiger partial charge in [0.1, 0.15) is 5.76 Å². The minimum absolute atomic E-state index is 0.00140. The third-order valence-electron chi connectivity index (χ3n) is 5.32. The smallest absolute Gasteiger partial charge is 0.234 e. The van der Waals surface area contributed by atoms with Gasteiger partial charge in [-0.05, 0) is 50.9 Å². The van der Waals surface area contributed by atoms with Crippen molar-refractivity contribution >= 4 is 11.8 Å². The number of piperidine rings is 1. The SMILES string of the molecule is O=C(CN1CCC(C(=O)NC2CCCCC2)CC1)NCc1ccco1. The standard InChI is InChI=1S/C19H29N3O3/c23-18(20-13-17-7-4-12-25-17)14-22-10-8-15(9-11-22)19(24)21-16-5-2-1-3-6-16/h4,7,12,15-16H,1-3,5-6,8-11,13-14H2,(H,20,23)(H,21,24). The van der Waals surface area contributed by atoms with Gasteiger partial charge in [-0.15, -0.1) is 0 Å². The fourth-order valence-electron chi connectivity index (χ4n) is 3.78. The van der Waals surface area contributed by atoms with Crippen LogP contribution in [0.3, 0.4) is 0 Å². The lowest BCUT2D eigenvalue weighted by atomic mass is 9.92. The maximum atomic E-state index is 12.4. The Morgan fingerprint density at radius 2 is 1.88 bits per heavy atom. The summed E-state index contributed by atoms with van der Waals surface area (Å²) in [6.07, 6.45) is 9.29. The molecule has 0 spiro atoms. The Labute approximate surface area is 149 Å². The van der Waals surface area contributed by atoms with Gasteiger partial charge in [0.05, 0.1) is 19.4 Å². The van der Waals surface area contributed by atoms with Gasteiger partial charge in [-0.25, -0.2) is 0 Å². The lowest BCUT2D eigenvalue weighted by Crippen LogP contribution is -2.46. The van der Waals surface area contributed by atoms with E-state index in [0.717, 1.165) is 44.5 Å². The lowest BCUT2D eigenvalue weighted by Gasteiger charge is -2.32. The zero-order valence-electron chi connectivity index (χ0n) is 14.8. The molecule has 138 valence electrons. The van der Waals surface area contributed by atoms with E-state index in [-0.39, 0.29) is 17.7 Å². The summed E-state index contributed by atoms with van der Waals surface area (Å²) in [5.41, 5.74) is 0. The van der Waals surface area contributed by atoms with Gasteiger partial charge in [-0.2, -0.15) is 0 Å². The molecule has 0 radical (unpaired) electrons. The molecule has 2 fully saturated rings. The molecule has 2 amide bonds. The van der Waals surface area contributed by atoms with Gasteiger partial charge in [0.15, 0.2) is 0 Å². The molecule has 3 rings (SSSR count). The Bertz CT molecular complexity index is 544. The summed E-state index contributed by atoms with van der Waals surface area (Å²) in [5.74, 6) is 1.08. The third-order valence-corrected chi connectivity index (χ3v) is 5.32.